The second-order valence-electron chi connectivity index (χ2n) is 3.02. The van der Waals surface area contributed by atoms with Crippen LogP contribution in [-0.4, -0.2) is 18.2 Å². The zero-order valence-electron chi connectivity index (χ0n) is 8.45. The van der Waals surface area contributed by atoms with Gasteiger partial charge in [0.1, 0.15) is 5.75 Å². The molecule has 0 saturated heterocycles. The molecular formula is C11H11BrO3. The first-order valence-corrected chi connectivity index (χ1v) is 5.09. The Bertz CT molecular complexity index is 410. The van der Waals surface area contributed by atoms with Crippen molar-refractivity contribution in [1.82, 2.24) is 0 Å². The van der Waals surface area contributed by atoms with Gasteiger partial charge in [0.2, 0.25) is 0 Å². The number of rotatable bonds is 3. The summed E-state index contributed by atoms with van der Waals surface area (Å²) in [6.45, 7) is 1.54. The number of hydrogen-bond donors (Lipinski definition) is 1. The topological polar surface area (TPSA) is 46.5 Å². The quantitative estimate of drug-likeness (QED) is 0.860. The molecule has 1 N–H and O–H groups in total. The molecule has 0 spiro atoms. The summed E-state index contributed by atoms with van der Waals surface area (Å²) in [6.07, 6.45) is 1.58. The van der Waals surface area contributed by atoms with Crippen LogP contribution in [0.3, 0.4) is 0 Å². The second kappa shape index (κ2) is 4.98. The summed E-state index contributed by atoms with van der Waals surface area (Å²) in [5.74, 6) is -0.282. The first-order chi connectivity index (χ1) is 7.04. The summed E-state index contributed by atoms with van der Waals surface area (Å²) in [5.41, 5.74) is 1.01. The number of carboxylic acid groups (broad SMARTS) is 1. The molecule has 0 atom stereocenters. The van der Waals surface area contributed by atoms with Gasteiger partial charge in [-0.3, -0.25) is 0 Å². The van der Waals surface area contributed by atoms with Crippen LogP contribution in [0.25, 0.3) is 6.08 Å². The minimum absolute atomic E-state index is 0.270. The van der Waals surface area contributed by atoms with Crippen molar-refractivity contribution in [1.29, 1.82) is 0 Å². The third kappa shape index (κ3) is 3.09. The van der Waals surface area contributed by atoms with E-state index in [4.69, 9.17) is 9.84 Å². The van der Waals surface area contributed by atoms with Gasteiger partial charge in [0, 0.05) is 15.6 Å². The maximum Gasteiger partial charge on any atom is 0.331 e. The van der Waals surface area contributed by atoms with Gasteiger partial charge in [-0.05, 0) is 31.2 Å². The molecule has 0 heterocycles. The number of halogens is 1. The molecule has 4 heteroatoms. The molecule has 0 fully saturated rings. The largest absolute Gasteiger partial charge is 0.496 e. The van der Waals surface area contributed by atoms with Crippen LogP contribution in [0.1, 0.15) is 12.5 Å². The van der Waals surface area contributed by atoms with Gasteiger partial charge in [0.05, 0.1) is 7.11 Å². The normalized spacial score (nSPS) is 11.3. The third-order valence-corrected chi connectivity index (χ3v) is 2.39. The van der Waals surface area contributed by atoms with E-state index in [2.05, 4.69) is 15.9 Å². The molecule has 0 unspecified atom stereocenters. The monoisotopic (exact) mass is 270 g/mol. The molecule has 0 aliphatic carbocycles. The third-order valence-electron chi connectivity index (χ3n) is 1.90. The summed E-state index contributed by atoms with van der Waals surface area (Å²) >= 11 is 3.32. The number of aliphatic carboxylic acids is 1. The SMILES string of the molecule is COc1ccc(Br)cc1/C=C(\C)C(=O)O. The van der Waals surface area contributed by atoms with Gasteiger partial charge in [-0.2, -0.15) is 0 Å². The summed E-state index contributed by atoms with van der Waals surface area (Å²) < 4.78 is 6.00. The Morgan fingerprint density at radius 2 is 2.20 bits per heavy atom. The maximum atomic E-state index is 10.7. The van der Waals surface area contributed by atoms with Gasteiger partial charge < -0.3 is 9.84 Å². The maximum absolute atomic E-state index is 10.7. The highest BCUT2D eigenvalue weighted by molar-refractivity contribution is 9.10. The molecule has 1 rings (SSSR count). The summed E-state index contributed by atoms with van der Waals surface area (Å²) in [6, 6.07) is 5.43. The van der Waals surface area contributed by atoms with Crippen molar-refractivity contribution in [3.8, 4) is 5.75 Å². The number of ether oxygens (including phenoxy) is 1. The Labute approximate surface area is 96.5 Å². The van der Waals surface area contributed by atoms with Crippen LogP contribution >= 0.6 is 15.9 Å². The van der Waals surface area contributed by atoms with Crippen LogP contribution in [0, 0.1) is 0 Å². The lowest BCUT2D eigenvalue weighted by molar-refractivity contribution is -0.132. The van der Waals surface area contributed by atoms with Crippen molar-refractivity contribution in [3.63, 3.8) is 0 Å². The van der Waals surface area contributed by atoms with Crippen LogP contribution in [0.2, 0.25) is 0 Å². The lowest BCUT2D eigenvalue weighted by atomic mass is 10.1. The molecule has 1 aromatic rings. The van der Waals surface area contributed by atoms with E-state index < -0.39 is 5.97 Å². The Morgan fingerprint density at radius 3 is 2.73 bits per heavy atom. The Kier molecular flexibility index (Phi) is 3.91. The highest BCUT2D eigenvalue weighted by Crippen LogP contribution is 2.25. The minimum atomic E-state index is -0.933. The average molecular weight is 271 g/mol. The van der Waals surface area contributed by atoms with Crippen molar-refractivity contribution in [2.24, 2.45) is 0 Å². The fraction of sp³-hybridized carbons (Fsp3) is 0.182. The number of benzene rings is 1. The number of methoxy groups -OCH3 is 1. The highest BCUT2D eigenvalue weighted by Gasteiger charge is 2.04. The molecule has 0 aliphatic heterocycles. The van der Waals surface area contributed by atoms with Gasteiger partial charge in [-0.25, -0.2) is 4.79 Å². The fourth-order valence-corrected chi connectivity index (χ4v) is 1.49. The van der Waals surface area contributed by atoms with Gasteiger partial charge in [0.25, 0.3) is 0 Å². The van der Waals surface area contributed by atoms with E-state index in [-0.39, 0.29) is 5.57 Å². The highest BCUT2D eigenvalue weighted by atomic mass is 79.9. The van der Waals surface area contributed by atoms with E-state index >= 15 is 0 Å². The zero-order valence-corrected chi connectivity index (χ0v) is 10.0. The van der Waals surface area contributed by atoms with Crippen molar-refractivity contribution in [2.45, 2.75) is 6.92 Å². The molecule has 1 aromatic carbocycles. The van der Waals surface area contributed by atoms with Crippen LogP contribution < -0.4 is 4.74 Å². The van der Waals surface area contributed by atoms with E-state index in [9.17, 15) is 4.79 Å². The van der Waals surface area contributed by atoms with Gasteiger partial charge in [-0.1, -0.05) is 15.9 Å². The Hall–Kier alpha value is -1.29. The van der Waals surface area contributed by atoms with Crippen molar-refractivity contribution >= 4 is 28.0 Å². The zero-order chi connectivity index (χ0) is 11.4. The second-order valence-corrected chi connectivity index (χ2v) is 3.93. The van der Waals surface area contributed by atoms with Crippen LogP contribution in [0.5, 0.6) is 5.75 Å². The van der Waals surface area contributed by atoms with E-state index in [0.29, 0.717) is 5.75 Å². The number of carboxylic acids is 1. The van der Waals surface area contributed by atoms with E-state index in [1.807, 2.05) is 12.1 Å². The molecule has 0 aliphatic rings. The molecule has 0 amide bonds. The molecule has 15 heavy (non-hydrogen) atoms. The Balaban J connectivity index is 3.18. The first kappa shape index (κ1) is 11.8. The lowest BCUT2D eigenvalue weighted by Gasteiger charge is -2.05. The fourth-order valence-electron chi connectivity index (χ4n) is 1.11. The first-order valence-electron chi connectivity index (χ1n) is 4.29. The smallest absolute Gasteiger partial charge is 0.331 e. The van der Waals surface area contributed by atoms with E-state index in [0.717, 1.165) is 10.0 Å². The predicted molar refractivity (Wildman–Crippen MR) is 62.0 cm³/mol. The minimum Gasteiger partial charge on any atom is -0.496 e. The Morgan fingerprint density at radius 1 is 1.53 bits per heavy atom. The molecule has 0 bridgehead atoms. The predicted octanol–water partition coefficient (Wildman–Crippen LogP) is 2.95. The van der Waals surface area contributed by atoms with Crippen LogP contribution in [-0.2, 0) is 4.79 Å². The molecular weight excluding hydrogens is 260 g/mol. The van der Waals surface area contributed by atoms with E-state index in [1.165, 1.54) is 0 Å². The number of hydrogen-bond acceptors (Lipinski definition) is 2. The average Bonchev–Trinajstić information content (AvgIpc) is 2.18. The molecule has 0 saturated carbocycles. The van der Waals surface area contributed by atoms with Crippen LogP contribution in [0.15, 0.2) is 28.2 Å². The van der Waals surface area contributed by atoms with Crippen molar-refractivity contribution in [2.75, 3.05) is 7.11 Å². The van der Waals surface area contributed by atoms with Gasteiger partial charge in [-0.15, -0.1) is 0 Å². The van der Waals surface area contributed by atoms with E-state index in [1.54, 1.807) is 26.2 Å². The number of carbonyl (C=O) groups is 1. The summed E-state index contributed by atoms with van der Waals surface area (Å²) in [5, 5.41) is 8.76. The molecule has 0 aromatic heterocycles. The van der Waals surface area contributed by atoms with Crippen molar-refractivity contribution in [3.05, 3.63) is 33.8 Å². The van der Waals surface area contributed by atoms with Gasteiger partial charge in [0.15, 0.2) is 0 Å². The standard InChI is InChI=1S/C11H11BrO3/c1-7(11(13)14)5-8-6-9(12)3-4-10(8)15-2/h3-6H,1-2H3,(H,13,14)/b7-5+. The van der Waals surface area contributed by atoms with Crippen molar-refractivity contribution < 1.29 is 14.6 Å². The van der Waals surface area contributed by atoms with Gasteiger partial charge >= 0.3 is 5.97 Å². The molecule has 3 nitrogen and oxygen atoms in total. The summed E-state index contributed by atoms with van der Waals surface area (Å²) in [4.78, 5) is 10.7. The molecule has 0 radical (unpaired) electrons. The summed E-state index contributed by atoms with van der Waals surface area (Å²) in [7, 11) is 1.55. The molecule has 80 valence electrons. The van der Waals surface area contributed by atoms with Crippen LogP contribution in [0.4, 0.5) is 0 Å². The lowest BCUT2D eigenvalue weighted by Crippen LogP contribution is -1.96.